The number of aryl methyl sites for hydroxylation is 2. The number of fused-ring (bicyclic) bond motifs is 2. The van der Waals surface area contributed by atoms with Gasteiger partial charge in [0.2, 0.25) is 26.0 Å². The van der Waals surface area contributed by atoms with E-state index in [1.807, 2.05) is 40.6 Å². The number of hydrogen-bond acceptors (Lipinski definition) is 8. The monoisotopic (exact) mass is 832 g/mol. The average Bonchev–Trinajstić information content (AvgIpc) is 3.68. The molecule has 4 aliphatic rings. The predicted molar refractivity (Wildman–Crippen MR) is 228 cm³/mol. The third-order valence-electron chi connectivity index (χ3n) is 12.2. The van der Waals surface area contributed by atoms with E-state index in [1.54, 1.807) is 28.7 Å². The van der Waals surface area contributed by atoms with Crippen LogP contribution in [0.5, 0.6) is 0 Å². The van der Waals surface area contributed by atoms with Crippen LogP contribution in [0.2, 0.25) is 0 Å². The summed E-state index contributed by atoms with van der Waals surface area (Å²) in [6, 6.07) is 19.9. The molecule has 0 spiro atoms. The number of rotatable bonds is 13. The molecule has 2 aliphatic carbocycles. The van der Waals surface area contributed by atoms with E-state index in [4.69, 9.17) is 0 Å². The second kappa shape index (κ2) is 17.4. The Morgan fingerprint density at radius 2 is 1.20 bits per heavy atom. The summed E-state index contributed by atoms with van der Waals surface area (Å²) in [5, 5.41) is 8.54. The fourth-order valence-corrected chi connectivity index (χ4v) is 11.7. The van der Waals surface area contributed by atoms with Crippen LogP contribution >= 0.6 is 22.7 Å². The van der Waals surface area contributed by atoms with Crippen LogP contribution in [0.3, 0.4) is 0 Å². The van der Waals surface area contributed by atoms with Gasteiger partial charge in [-0.25, -0.2) is 16.8 Å². The van der Waals surface area contributed by atoms with Crippen molar-refractivity contribution in [1.82, 2.24) is 9.80 Å². The van der Waals surface area contributed by atoms with Crippen LogP contribution in [0.15, 0.2) is 82.2 Å². The molecule has 2 saturated heterocycles. The molecule has 2 N–H and O–H groups in total. The van der Waals surface area contributed by atoms with E-state index in [1.165, 1.54) is 42.3 Å². The number of piperidine rings is 2. The number of benzene rings is 2. The van der Waals surface area contributed by atoms with Gasteiger partial charge in [0.15, 0.2) is 17.4 Å². The molecule has 1 amide bonds. The predicted octanol–water partition coefficient (Wildman–Crippen LogP) is 2.60. The van der Waals surface area contributed by atoms with Crippen LogP contribution in [0, 0.1) is 23.7 Å². The summed E-state index contributed by atoms with van der Waals surface area (Å²) in [6.07, 6.45) is 6.13. The van der Waals surface area contributed by atoms with E-state index < -0.39 is 20.0 Å². The normalized spacial score (nSPS) is 26.4. The zero-order chi connectivity index (χ0) is 37.6. The van der Waals surface area contributed by atoms with Gasteiger partial charge in [-0.2, -0.15) is 22.7 Å². The second-order valence-electron chi connectivity index (χ2n) is 15.8. The second-order valence-corrected chi connectivity index (χ2v) is 20.9. The van der Waals surface area contributed by atoms with Crippen molar-refractivity contribution in [3.63, 3.8) is 0 Å². The topological polar surface area (TPSA) is 116 Å². The summed E-state index contributed by atoms with van der Waals surface area (Å²) in [5.74, 6) is 2.53. The van der Waals surface area contributed by atoms with Crippen molar-refractivity contribution in [3.8, 4) is 0 Å². The van der Waals surface area contributed by atoms with Crippen molar-refractivity contribution in [1.29, 1.82) is 0 Å². The van der Waals surface area contributed by atoms with E-state index in [0.29, 0.717) is 41.5 Å². The van der Waals surface area contributed by atoms with Crippen LogP contribution in [0.1, 0.15) is 50.4 Å². The fourth-order valence-electron chi connectivity index (χ4n) is 9.14. The molecule has 2 saturated carbocycles. The third kappa shape index (κ3) is 10.1. The minimum atomic E-state index is -3.28. The maximum Gasteiger partial charge on any atom is 1.00 e. The van der Waals surface area contributed by atoms with Crippen molar-refractivity contribution >= 4 is 77.4 Å². The Labute approximate surface area is 359 Å². The van der Waals surface area contributed by atoms with Crippen molar-refractivity contribution in [2.24, 2.45) is 23.7 Å². The van der Waals surface area contributed by atoms with E-state index in [-0.39, 0.29) is 54.4 Å². The molecule has 4 heterocycles. The molecule has 0 bridgehead atoms. The molecule has 2 aromatic heterocycles. The number of likely N-dealkylation sites (tertiary alicyclic amines) is 2. The summed E-state index contributed by atoms with van der Waals surface area (Å²) >= 11 is 3.44. The van der Waals surface area contributed by atoms with Crippen LogP contribution in [-0.4, -0.2) is 95.1 Å². The summed E-state index contributed by atoms with van der Waals surface area (Å²) in [5.41, 5.74) is 6.60. The first-order valence-electron chi connectivity index (χ1n) is 18.3. The molecule has 15 heteroatoms. The first-order chi connectivity index (χ1) is 25.1. The van der Waals surface area contributed by atoms with Gasteiger partial charge in [0.1, 0.15) is 0 Å². The van der Waals surface area contributed by atoms with E-state index in [0.717, 1.165) is 44.4 Å². The first-order valence-corrected chi connectivity index (χ1v) is 24.0. The van der Waals surface area contributed by atoms with Crippen LogP contribution in [0.25, 0.3) is 0 Å². The summed E-state index contributed by atoms with van der Waals surface area (Å²) in [7, 11) is -6.52. The number of nitrogens with one attached hydrogen (secondary N) is 2. The quantitative estimate of drug-likeness (QED) is 0.201. The Balaban J connectivity index is 0.000000236. The van der Waals surface area contributed by atoms with Crippen molar-refractivity contribution in [3.05, 3.63) is 104 Å². The molecule has 4 atom stereocenters. The number of carbonyl (C=O) groups excluding carboxylic acids is 1. The minimum absolute atomic E-state index is 0. The number of anilines is 2. The molecule has 55 heavy (non-hydrogen) atoms. The van der Waals surface area contributed by atoms with Crippen LogP contribution < -0.4 is 28.3 Å². The van der Waals surface area contributed by atoms with Gasteiger partial charge >= 0.3 is 18.9 Å². The number of thiophene rings is 2. The van der Waals surface area contributed by atoms with E-state index in [9.17, 15) is 21.6 Å². The van der Waals surface area contributed by atoms with Crippen LogP contribution in [-0.2, 0) is 48.5 Å². The molecule has 8 rings (SSSR count). The summed E-state index contributed by atoms with van der Waals surface area (Å²) in [4.78, 5) is 17.1. The molecular formula is C40H54AlLiN4O5S4. The number of amides is 1. The van der Waals surface area contributed by atoms with Gasteiger partial charge in [0.05, 0.1) is 12.5 Å². The molecule has 0 radical (unpaired) electrons. The Morgan fingerprint density at radius 1 is 0.745 bits per heavy atom. The molecule has 9 nitrogen and oxygen atoms in total. The van der Waals surface area contributed by atoms with Gasteiger partial charge in [-0.3, -0.25) is 14.2 Å². The van der Waals surface area contributed by atoms with Gasteiger partial charge in [0, 0.05) is 54.8 Å². The standard InChI is InChI=1S/C20H24N2O3S2.C20H26N2O2S2.Al.Li.4H/c1-20(15-4-3-5-16(10-15)21-27(2,24)25)17-11-22(12-18(17)20)19(23)7-6-14-8-9-26-13-14;1-20(16-6-3-7-17(11-16)21-26(2,23)24)18-12-22(13-19(18)20)9-4-5-15-8-10-25-14-15;;;;;;/h3-5,8-10,13,17-18,21H,6-7,11-12H2,1-2H3;3,6-8,10-11,14,18-19,21H,4-5,9,12-13H2,1-2H3;;;;;;/q;;;+1;;;;-1. The van der Waals surface area contributed by atoms with Crippen molar-refractivity contribution < 1.29 is 41.9 Å². The SMILES string of the molecule is CC1(c2cccc(NS(C)(=O)=O)c2)C2CN(C(=O)CCc3ccsc3)CC21.CC1(c2cccc(NS(C)(=O)=O)c2)C2CN(CCCc3ccsc3)CC21.[AlH3].[H-].[Li+]. The minimum Gasteiger partial charge on any atom is -1.00 e. The zero-order valence-electron chi connectivity index (χ0n) is 32.8. The zero-order valence-corrected chi connectivity index (χ0v) is 35.1. The number of carbonyl (C=O) groups is 1. The number of hydrogen-bond donors (Lipinski definition) is 2. The maximum atomic E-state index is 12.5. The van der Waals surface area contributed by atoms with E-state index in [2.05, 4.69) is 68.6 Å². The summed E-state index contributed by atoms with van der Waals surface area (Å²) < 4.78 is 51.1. The maximum absolute atomic E-state index is 12.5. The summed E-state index contributed by atoms with van der Waals surface area (Å²) in [6.45, 7) is 9.66. The Kier molecular flexibility index (Phi) is 13.9. The number of sulfonamides is 2. The fraction of sp³-hybridized carbons (Fsp3) is 0.475. The first kappa shape index (κ1) is 44.0. The van der Waals surface area contributed by atoms with E-state index >= 15 is 0 Å². The van der Waals surface area contributed by atoms with Gasteiger partial charge in [0.25, 0.3) is 0 Å². The third-order valence-corrected chi connectivity index (χ3v) is 14.9. The molecule has 2 aromatic carbocycles. The van der Waals surface area contributed by atoms with Crippen molar-refractivity contribution in [2.45, 2.75) is 50.4 Å². The van der Waals surface area contributed by atoms with Gasteiger partial charge < -0.3 is 11.2 Å². The van der Waals surface area contributed by atoms with Gasteiger partial charge in [-0.05, 0) is 130 Å². The molecular weight excluding hydrogens is 779 g/mol. The Morgan fingerprint density at radius 3 is 1.64 bits per heavy atom. The molecule has 4 unspecified atom stereocenters. The Bertz CT molecular complexity index is 2130. The molecule has 292 valence electrons. The smallest absolute Gasteiger partial charge is 1.00 e. The Hall–Kier alpha value is -2.10. The number of nitrogens with zero attached hydrogens (tertiary/aromatic N) is 2. The largest absolute Gasteiger partial charge is 1.00 e. The molecule has 2 aliphatic heterocycles. The van der Waals surface area contributed by atoms with Gasteiger partial charge in [-0.15, -0.1) is 0 Å². The molecule has 4 fully saturated rings. The van der Waals surface area contributed by atoms with Gasteiger partial charge in [-0.1, -0.05) is 38.1 Å². The van der Waals surface area contributed by atoms with Crippen LogP contribution in [0.4, 0.5) is 11.4 Å². The van der Waals surface area contributed by atoms with Crippen molar-refractivity contribution in [2.75, 3.05) is 54.7 Å². The molecule has 4 aromatic rings. The average molecular weight is 833 g/mol.